The van der Waals surface area contributed by atoms with Gasteiger partial charge in [-0.05, 0) is 27.1 Å². The van der Waals surface area contributed by atoms with Crippen LogP contribution in [0.3, 0.4) is 0 Å². The number of amides is 3. The third kappa shape index (κ3) is 3.51. The molecule has 0 unspecified atom stereocenters. The van der Waals surface area contributed by atoms with Gasteiger partial charge in [0.15, 0.2) is 0 Å². The van der Waals surface area contributed by atoms with E-state index in [1.54, 1.807) is 0 Å². The molecule has 1 saturated heterocycles. The smallest absolute Gasteiger partial charge is 0.324 e. The second kappa shape index (κ2) is 5.82. The van der Waals surface area contributed by atoms with Gasteiger partial charge in [0.2, 0.25) is 5.91 Å². The molecule has 14 heavy (non-hydrogen) atoms. The quantitative estimate of drug-likeness (QED) is 0.676. The first-order valence-corrected chi connectivity index (χ1v) is 4.34. The summed E-state index contributed by atoms with van der Waals surface area (Å²) < 4.78 is 0. The SMILES string of the molecule is CN(C)CCCN1C(=O)CNC1=O.Cl. The Kier molecular flexibility index (Phi) is 5.49. The van der Waals surface area contributed by atoms with Crippen LogP contribution in [0.4, 0.5) is 4.79 Å². The van der Waals surface area contributed by atoms with Crippen molar-refractivity contribution in [3.8, 4) is 0 Å². The van der Waals surface area contributed by atoms with E-state index in [-0.39, 0.29) is 30.9 Å². The Morgan fingerprint density at radius 2 is 2.07 bits per heavy atom. The Morgan fingerprint density at radius 3 is 2.50 bits per heavy atom. The van der Waals surface area contributed by atoms with Crippen LogP contribution in [0.5, 0.6) is 0 Å². The number of rotatable bonds is 4. The van der Waals surface area contributed by atoms with Crippen molar-refractivity contribution in [3.63, 3.8) is 0 Å². The van der Waals surface area contributed by atoms with Crippen molar-refractivity contribution in [1.82, 2.24) is 15.1 Å². The lowest BCUT2D eigenvalue weighted by Crippen LogP contribution is -2.33. The van der Waals surface area contributed by atoms with Crippen molar-refractivity contribution in [2.24, 2.45) is 0 Å². The molecule has 1 rings (SSSR count). The minimum atomic E-state index is -0.260. The summed E-state index contributed by atoms with van der Waals surface area (Å²) >= 11 is 0. The van der Waals surface area contributed by atoms with Gasteiger partial charge in [-0.1, -0.05) is 0 Å². The van der Waals surface area contributed by atoms with Gasteiger partial charge < -0.3 is 10.2 Å². The molecule has 1 aliphatic rings. The number of halogens is 1. The summed E-state index contributed by atoms with van der Waals surface area (Å²) in [5.74, 6) is -0.122. The summed E-state index contributed by atoms with van der Waals surface area (Å²) in [5, 5.41) is 2.48. The fourth-order valence-corrected chi connectivity index (χ4v) is 1.23. The molecule has 0 aromatic rings. The fourth-order valence-electron chi connectivity index (χ4n) is 1.23. The monoisotopic (exact) mass is 221 g/mol. The average Bonchev–Trinajstić information content (AvgIpc) is 2.34. The van der Waals surface area contributed by atoms with Crippen LogP contribution in [-0.4, -0.2) is 55.5 Å². The fraction of sp³-hybridized carbons (Fsp3) is 0.750. The summed E-state index contributed by atoms with van der Waals surface area (Å²) in [6.45, 7) is 1.56. The number of hydrogen-bond acceptors (Lipinski definition) is 3. The van der Waals surface area contributed by atoms with E-state index in [2.05, 4.69) is 5.32 Å². The van der Waals surface area contributed by atoms with Crippen LogP contribution in [-0.2, 0) is 4.79 Å². The third-order valence-corrected chi connectivity index (χ3v) is 1.92. The van der Waals surface area contributed by atoms with Crippen LogP contribution in [0.1, 0.15) is 6.42 Å². The molecule has 1 heterocycles. The Morgan fingerprint density at radius 1 is 1.43 bits per heavy atom. The lowest BCUT2D eigenvalue weighted by Gasteiger charge is -2.14. The molecule has 0 aromatic carbocycles. The minimum absolute atomic E-state index is 0. The molecule has 0 atom stereocenters. The van der Waals surface area contributed by atoms with Crippen molar-refractivity contribution in [2.45, 2.75) is 6.42 Å². The van der Waals surface area contributed by atoms with Gasteiger partial charge in [0.25, 0.3) is 0 Å². The van der Waals surface area contributed by atoms with Crippen molar-refractivity contribution < 1.29 is 9.59 Å². The van der Waals surface area contributed by atoms with Crippen molar-refractivity contribution in [3.05, 3.63) is 0 Å². The molecule has 3 amide bonds. The number of urea groups is 1. The first-order valence-electron chi connectivity index (χ1n) is 4.34. The van der Waals surface area contributed by atoms with E-state index in [0.717, 1.165) is 13.0 Å². The number of imide groups is 1. The summed E-state index contributed by atoms with van der Waals surface area (Å²) in [7, 11) is 3.93. The topological polar surface area (TPSA) is 52.6 Å². The summed E-state index contributed by atoms with van der Waals surface area (Å²) in [5.41, 5.74) is 0. The van der Waals surface area contributed by atoms with Gasteiger partial charge in [-0.2, -0.15) is 0 Å². The molecular weight excluding hydrogens is 206 g/mol. The molecule has 0 saturated carbocycles. The van der Waals surface area contributed by atoms with Crippen molar-refractivity contribution >= 4 is 24.3 Å². The zero-order valence-electron chi connectivity index (χ0n) is 8.45. The van der Waals surface area contributed by atoms with Gasteiger partial charge in [0.1, 0.15) is 0 Å². The van der Waals surface area contributed by atoms with Crippen LogP contribution < -0.4 is 5.32 Å². The first-order chi connectivity index (χ1) is 6.11. The summed E-state index contributed by atoms with van der Waals surface area (Å²) in [6, 6.07) is -0.260. The van der Waals surface area contributed by atoms with E-state index in [1.807, 2.05) is 19.0 Å². The average molecular weight is 222 g/mol. The highest BCUT2D eigenvalue weighted by molar-refractivity contribution is 6.01. The maximum Gasteiger partial charge on any atom is 0.324 e. The molecule has 5 nitrogen and oxygen atoms in total. The molecule has 0 aliphatic carbocycles. The third-order valence-electron chi connectivity index (χ3n) is 1.92. The Balaban J connectivity index is 0.00000169. The molecule has 6 heteroatoms. The van der Waals surface area contributed by atoms with E-state index >= 15 is 0 Å². The van der Waals surface area contributed by atoms with E-state index in [9.17, 15) is 9.59 Å². The number of hydrogen-bond donors (Lipinski definition) is 1. The summed E-state index contributed by atoms with van der Waals surface area (Å²) in [4.78, 5) is 25.4. The van der Waals surface area contributed by atoms with E-state index in [1.165, 1.54) is 4.90 Å². The van der Waals surface area contributed by atoms with Gasteiger partial charge in [-0.25, -0.2) is 4.79 Å². The highest BCUT2D eigenvalue weighted by Gasteiger charge is 2.27. The van der Waals surface area contributed by atoms with E-state index in [4.69, 9.17) is 0 Å². The molecule has 0 aromatic heterocycles. The lowest BCUT2D eigenvalue weighted by atomic mass is 10.4. The van der Waals surface area contributed by atoms with Crippen molar-refractivity contribution in [1.29, 1.82) is 0 Å². The standard InChI is InChI=1S/C8H15N3O2.ClH/c1-10(2)4-3-5-11-7(12)6-9-8(11)13;/h3-6H2,1-2H3,(H,9,13);1H. The normalized spacial score (nSPS) is 15.8. The molecule has 0 bridgehead atoms. The maximum atomic E-state index is 11.1. The second-order valence-corrected chi connectivity index (χ2v) is 3.36. The molecule has 1 N–H and O–H groups in total. The van der Waals surface area contributed by atoms with Gasteiger partial charge >= 0.3 is 6.03 Å². The minimum Gasteiger partial charge on any atom is -0.329 e. The molecule has 1 aliphatic heterocycles. The van der Waals surface area contributed by atoms with Crippen LogP contribution in [0.15, 0.2) is 0 Å². The Bertz CT molecular complexity index is 205. The largest absolute Gasteiger partial charge is 0.329 e. The van der Waals surface area contributed by atoms with Gasteiger partial charge in [0.05, 0.1) is 6.54 Å². The van der Waals surface area contributed by atoms with Crippen LogP contribution in [0.2, 0.25) is 0 Å². The molecular formula is C8H16ClN3O2. The zero-order chi connectivity index (χ0) is 9.84. The number of carbonyl (C=O) groups excluding carboxylic acids is 2. The van der Waals surface area contributed by atoms with E-state index < -0.39 is 0 Å². The van der Waals surface area contributed by atoms with Crippen molar-refractivity contribution in [2.75, 3.05) is 33.7 Å². The molecule has 82 valence electrons. The number of carbonyl (C=O) groups is 2. The lowest BCUT2D eigenvalue weighted by molar-refractivity contribution is -0.125. The number of nitrogens with zero attached hydrogens (tertiary/aromatic N) is 2. The van der Waals surface area contributed by atoms with Gasteiger partial charge in [-0.3, -0.25) is 9.69 Å². The Labute approximate surface area is 89.8 Å². The van der Waals surface area contributed by atoms with Gasteiger partial charge in [-0.15, -0.1) is 12.4 Å². The predicted molar refractivity (Wildman–Crippen MR) is 55.5 cm³/mol. The van der Waals surface area contributed by atoms with Crippen LogP contribution in [0.25, 0.3) is 0 Å². The molecule has 1 fully saturated rings. The maximum absolute atomic E-state index is 11.1. The first kappa shape index (κ1) is 13.2. The predicted octanol–water partition coefficient (Wildman–Crippen LogP) is -0.0883. The second-order valence-electron chi connectivity index (χ2n) is 3.36. The number of nitrogens with one attached hydrogen (secondary N) is 1. The highest BCUT2D eigenvalue weighted by atomic mass is 35.5. The van der Waals surface area contributed by atoms with Crippen LogP contribution >= 0.6 is 12.4 Å². The molecule has 0 spiro atoms. The highest BCUT2D eigenvalue weighted by Crippen LogP contribution is 2.00. The zero-order valence-corrected chi connectivity index (χ0v) is 9.26. The van der Waals surface area contributed by atoms with E-state index in [0.29, 0.717) is 6.54 Å². The Hall–Kier alpha value is -0.810. The summed E-state index contributed by atoms with van der Waals surface area (Å²) in [6.07, 6.45) is 0.826. The molecule has 0 radical (unpaired) electrons. The van der Waals surface area contributed by atoms with Crippen LogP contribution in [0, 0.1) is 0 Å². The van der Waals surface area contributed by atoms with Gasteiger partial charge in [0, 0.05) is 6.54 Å².